The van der Waals surface area contributed by atoms with Crippen LogP contribution in [0.4, 0.5) is 13.2 Å². The van der Waals surface area contributed by atoms with Crippen molar-refractivity contribution in [2.45, 2.75) is 40.0 Å². The zero-order chi connectivity index (χ0) is 29.0. The minimum Gasteiger partial charge on any atom is -0.222 e. The summed E-state index contributed by atoms with van der Waals surface area (Å²) < 4.78 is 122. The first-order valence-corrected chi connectivity index (χ1v) is 15.8. The summed E-state index contributed by atoms with van der Waals surface area (Å²) in [5.74, 6) is -1.09. The number of benzene rings is 3. The second kappa shape index (κ2) is 9.93. The molecule has 0 aliphatic heterocycles. The van der Waals surface area contributed by atoms with Gasteiger partial charge in [-0.25, -0.2) is 38.3 Å². The third kappa shape index (κ3) is 5.31. The lowest BCUT2D eigenvalue weighted by Gasteiger charge is -2.18. The van der Waals surface area contributed by atoms with Gasteiger partial charge >= 0.3 is 5.25 Å². The van der Waals surface area contributed by atoms with Crippen molar-refractivity contribution in [2.75, 3.05) is 0 Å². The summed E-state index contributed by atoms with van der Waals surface area (Å²) in [5.41, 5.74) is 0.0921. The van der Waals surface area contributed by atoms with Gasteiger partial charge in [0.25, 0.3) is 20.0 Å². The molecule has 0 spiro atoms. The van der Waals surface area contributed by atoms with Gasteiger partial charge in [-0.3, -0.25) is 0 Å². The topological polar surface area (TPSA) is 119 Å². The molecule has 8 nitrogen and oxygen atoms in total. The number of nitrogens with zero attached hydrogens (tertiary/aromatic N) is 1. The van der Waals surface area contributed by atoms with Crippen molar-refractivity contribution in [3.8, 4) is 0 Å². The first kappa shape index (κ1) is 29.1. The molecule has 1 heterocycles. The SMILES string of the molecule is C[C@H](NS(=O)(=O)C(C)(F)F)c1ccc(S(=O)(=O)c2cc3cc(Cl)ccc3n2S(=O)(=O)c2ccccc2F)cc1. The van der Waals surface area contributed by atoms with Crippen molar-refractivity contribution in [3.05, 3.63) is 89.2 Å². The van der Waals surface area contributed by atoms with Gasteiger partial charge in [0.05, 0.1) is 10.4 Å². The number of halogens is 4. The molecule has 1 atom stereocenters. The number of fused-ring (bicyclic) bond motifs is 1. The fourth-order valence-electron chi connectivity index (χ4n) is 3.78. The molecule has 4 aromatic rings. The van der Waals surface area contributed by atoms with Gasteiger partial charge < -0.3 is 0 Å². The minimum atomic E-state index is -5.01. The fourth-order valence-corrected chi connectivity index (χ4v) is 8.17. The Bertz CT molecular complexity index is 1900. The molecule has 39 heavy (non-hydrogen) atoms. The Kier molecular flexibility index (Phi) is 7.40. The van der Waals surface area contributed by atoms with Crippen molar-refractivity contribution < 1.29 is 38.4 Å². The quantitative estimate of drug-likeness (QED) is 0.293. The highest BCUT2D eigenvalue weighted by Gasteiger charge is 2.40. The number of nitrogens with one attached hydrogen (secondary N) is 1. The van der Waals surface area contributed by atoms with E-state index in [0.29, 0.717) is 3.97 Å². The Morgan fingerprint density at radius 1 is 0.897 bits per heavy atom. The smallest absolute Gasteiger partial charge is 0.222 e. The van der Waals surface area contributed by atoms with Gasteiger partial charge in [-0.1, -0.05) is 35.9 Å². The van der Waals surface area contributed by atoms with Crippen LogP contribution in [0, 0.1) is 5.82 Å². The van der Waals surface area contributed by atoms with Crippen LogP contribution >= 0.6 is 11.6 Å². The van der Waals surface area contributed by atoms with E-state index in [2.05, 4.69) is 0 Å². The van der Waals surface area contributed by atoms with Crippen LogP contribution in [0.25, 0.3) is 10.9 Å². The lowest BCUT2D eigenvalue weighted by Crippen LogP contribution is -2.38. The number of alkyl halides is 2. The molecular formula is C24H20ClF3N2O6S3. The third-order valence-corrected chi connectivity index (χ3v) is 11.3. The molecule has 4 rings (SSSR count). The van der Waals surface area contributed by atoms with E-state index in [1.807, 2.05) is 4.72 Å². The molecule has 0 aliphatic rings. The largest absolute Gasteiger partial charge is 0.356 e. The Morgan fingerprint density at radius 2 is 1.51 bits per heavy atom. The average molecular weight is 621 g/mol. The van der Waals surface area contributed by atoms with E-state index in [1.54, 1.807) is 0 Å². The van der Waals surface area contributed by atoms with Gasteiger partial charge in [-0.2, -0.15) is 8.78 Å². The van der Waals surface area contributed by atoms with E-state index in [9.17, 15) is 38.4 Å². The predicted octanol–water partition coefficient (Wildman–Crippen LogP) is 5.10. The molecule has 3 aromatic carbocycles. The number of sulfone groups is 1. The van der Waals surface area contributed by atoms with E-state index >= 15 is 0 Å². The van der Waals surface area contributed by atoms with Gasteiger partial charge in [0.2, 0.25) is 9.84 Å². The molecule has 1 aromatic heterocycles. The summed E-state index contributed by atoms with van der Waals surface area (Å²) >= 11 is 6.03. The zero-order valence-corrected chi connectivity index (χ0v) is 23.3. The second-order valence-corrected chi connectivity index (χ2v) is 14.7. The monoisotopic (exact) mass is 620 g/mol. The van der Waals surface area contributed by atoms with Crippen LogP contribution in [-0.2, 0) is 29.9 Å². The van der Waals surface area contributed by atoms with Gasteiger partial charge in [-0.15, -0.1) is 0 Å². The van der Waals surface area contributed by atoms with Crippen LogP contribution in [-0.4, -0.2) is 34.5 Å². The maximum absolute atomic E-state index is 14.5. The Balaban J connectivity index is 1.84. The number of aromatic nitrogens is 1. The summed E-state index contributed by atoms with van der Waals surface area (Å²) in [6.45, 7) is 1.51. The predicted molar refractivity (Wildman–Crippen MR) is 139 cm³/mol. The first-order valence-electron chi connectivity index (χ1n) is 11.0. The van der Waals surface area contributed by atoms with E-state index in [-0.39, 0.29) is 33.3 Å². The number of rotatable bonds is 8. The first-order chi connectivity index (χ1) is 18.0. The fraction of sp³-hybridized carbons (Fsp3) is 0.167. The number of sulfonamides is 1. The molecule has 1 N–H and O–H groups in total. The molecular weight excluding hydrogens is 601 g/mol. The zero-order valence-electron chi connectivity index (χ0n) is 20.1. The van der Waals surface area contributed by atoms with E-state index < -0.39 is 56.9 Å². The van der Waals surface area contributed by atoms with Crippen molar-refractivity contribution in [1.29, 1.82) is 0 Å². The molecule has 0 amide bonds. The van der Waals surface area contributed by atoms with Gasteiger partial charge in [0, 0.05) is 23.4 Å². The molecule has 208 valence electrons. The highest BCUT2D eigenvalue weighted by molar-refractivity contribution is 7.93. The number of hydrogen-bond donors (Lipinski definition) is 1. The maximum atomic E-state index is 14.5. The number of hydrogen-bond acceptors (Lipinski definition) is 6. The van der Waals surface area contributed by atoms with Crippen LogP contribution < -0.4 is 4.72 Å². The van der Waals surface area contributed by atoms with Crippen molar-refractivity contribution in [3.63, 3.8) is 0 Å². The molecule has 0 radical (unpaired) electrons. The molecule has 0 saturated carbocycles. The van der Waals surface area contributed by atoms with Crippen LogP contribution in [0.2, 0.25) is 5.02 Å². The van der Waals surface area contributed by atoms with Crippen molar-refractivity contribution >= 4 is 52.4 Å². The van der Waals surface area contributed by atoms with E-state index in [4.69, 9.17) is 11.6 Å². The lowest BCUT2D eigenvalue weighted by molar-refractivity contribution is 0.112. The maximum Gasteiger partial charge on any atom is 0.356 e. The van der Waals surface area contributed by atoms with Gasteiger partial charge in [0.1, 0.15) is 10.7 Å². The Hall–Kier alpha value is -2.91. The Morgan fingerprint density at radius 3 is 2.10 bits per heavy atom. The van der Waals surface area contributed by atoms with Crippen molar-refractivity contribution in [2.24, 2.45) is 0 Å². The molecule has 0 bridgehead atoms. The second-order valence-electron chi connectivity index (χ2n) is 8.61. The van der Waals surface area contributed by atoms with Crippen molar-refractivity contribution in [1.82, 2.24) is 8.69 Å². The summed E-state index contributed by atoms with van der Waals surface area (Å²) in [5, 5.41) is -4.40. The van der Waals surface area contributed by atoms with E-state index in [0.717, 1.165) is 30.3 Å². The summed E-state index contributed by atoms with van der Waals surface area (Å²) in [6, 6.07) is 13.0. The van der Waals surface area contributed by atoms with Crippen LogP contribution in [0.1, 0.15) is 25.5 Å². The third-order valence-electron chi connectivity index (χ3n) is 5.81. The van der Waals surface area contributed by atoms with Crippen LogP contribution in [0.15, 0.2) is 87.6 Å². The summed E-state index contributed by atoms with van der Waals surface area (Å²) in [6.07, 6.45) is 0. The molecule has 0 saturated heterocycles. The molecule has 0 fully saturated rings. The normalized spacial score (nSPS) is 14.0. The molecule has 0 aliphatic carbocycles. The van der Waals surface area contributed by atoms with Crippen LogP contribution in [0.3, 0.4) is 0 Å². The Labute approximate surface area is 228 Å². The standard InChI is InChI=1S/C24H20ClF3N2O6S3/c1-15(29-39(35,36)24(2,27)28)16-7-10-19(11-8-16)37(31,32)23-14-17-13-18(25)9-12-21(17)30(23)38(33,34)22-6-4-3-5-20(22)26/h3-15,29H,1-2H3/t15-/m0/s1. The average Bonchev–Trinajstić information content (AvgIpc) is 3.23. The highest BCUT2D eigenvalue weighted by Crippen LogP contribution is 2.34. The highest BCUT2D eigenvalue weighted by atomic mass is 35.5. The van der Waals surface area contributed by atoms with E-state index in [1.165, 1.54) is 49.4 Å². The van der Waals surface area contributed by atoms with Crippen LogP contribution in [0.5, 0.6) is 0 Å². The summed E-state index contributed by atoms with van der Waals surface area (Å²) in [7, 11) is -14.4. The molecule has 0 unspecified atom stereocenters. The minimum absolute atomic E-state index is 0.0682. The van der Waals surface area contributed by atoms with Gasteiger partial charge in [0.15, 0.2) is 5.03 Å². The lowest BCUT2D eigenvalue weighted by atomic mass is 10.1. The molecule has 15 heteroatoms. The van der Waals surface area contributed by atoms with Gasteiger partial charge in [-0.05, 0) is 61.0 Å². The summed E-state index contributed by atoms with van der Waals surface area (Å²) in [4.78, 5) is -1.14.